The first-order chi connectivity index (χ1) is 9.68. The topological polar surface area (TPSA) is 64.7 Å². The van der Waals surface area contributed by atoms with Gasteiger partial charge in [-0.05, 0) is 39.2 Å². The van der Waals surface area contributed by atoms with Crippen molar-refractivity contribution in [2.75, 3.05) is 6.54 Å². The fourth-order valence-corrected chi connectivity index (χ4v) is 2.07. The lowest BCUT2D eigenvalue weighted by atomic mass is 9.77. The van der Waals surface area contributed by atoms with Crippen molar-refractivity contribution in [2.45, 2.75) is 38.9 Å². The van der Waals surface area contributed by atoms with Crippen LogP contribution < -0.4 is 5.73 Å². The molecule has 3 N–H and O–H groups in total. The van der Waals surface area contributed by atoms with Crippen molar-refractivity contribution in [3.63, 3.8) is 0 Å². The van der Waals surface area contributed by atoms with Gasteiger partial charge in [-0.25, -0.2) is 4.39 Å². The molecule has 0 bridgehead atoms. The third-order valence-electron chi connectivity index (χ3n) is 4.14. The van der Waals surface area contributed by atoms with Crippen molar-refractivity contribution in [3.05, 3.63) is 35.1 Å². The summed E-state index contributed by atoms with van der Waals surface area (Å²) < 4.78 is 25.7. The molecule has 0 aliphatic carbocycles. The molecule has 114 valence electrons. The Morgan fingerprint density at radius 3 is 2.38 bits per heavy atom. The van der Waals surface area contributed by atoms with E-state index >= 15 is 0 Å². The molecule has 1 heterocycles. The Balaban J connectivity index is 2.33. The van der Waals surface area contributed by atoms with Crippen LogP contribution in [0, 0.1) is 5.82 Å². The van der Waals surface area contributed by atoms with Crippen LogP contribution in [0.25, 0.3) is 6.08 Å². The molecule has 1 aliphatic heterocycles. The molecule has 4 nitrogen and oxygen atoms in total. The largest absolute Gasteiger partial charge is 0.505 e. The van der Waals surface area contributed by atoms with E-state index in [1.807, 2.05) is 27.7 Å². The maximum Gasteiger partial charge on any atom is 0.491 e. The normalized spacial score (nSPS) is 20.9. The molecule has 1 saturated heterocycles. The molecular formula is C15H21BFNO3. The third-order valence-corrected chi connectivity index (χ3v) is 4.14. The van der Waals surface area contributed by atoms with Gasteiger partial charge < -0.3 is 20.1 Å². The minimum Gasteiger partial charge on any atom is -0.505 e. The standard InChI is InChI=1S/C15H21BFNO3/c1-14(2)15(3,4)21-16(20-14)11(9-18)8-10-6-5-7-12(19)13(10)17/h5-8,19H,9,18H2,1-4H3. The van der Waals surface area contributed by atoms with Crippen molar-refractivity contribution in [1.82, 2.24) is 0 Å². The van der Waals surface area contributed by atoms with Crippen molar-refractivity contribution < 1.29 is 18.8 Å². The zero-order chi connectivity index (χ0) is 15.8. The van der Waals surface area contributed by atoms with Crippen LogP contribution in [0.15, 0.2) is 23.7 Å². The van der Waals surface area contributed by atoms with Crippen molar-refractivity contribution in [2.24, 2.45) is 5.73 Å². The molecule has 1 aromatic rings. The molecule has 0 radical (unpaired) electrons. The summed E-state index contributed by atoms with van der Waals surface area (Å²) in [5, 5.41) is 9.42. The van der Waals surface area contributed by atoms with Gasteiger partial charge in [-0.1, -0.05) is 18.2 Å². The van der Waals surface area contributed by atoms with Gasteiger partial charge in [-0.3, -0.25) is 0 Å². The van der Waals surface area contributed by atoms with Gasteiger partial charge in [-0.15, -0.1) is 0 Å². The molecule has 0 spiro atoms. The van der Waals surface area contributed by atoms with Gasteiger partial charge in [0.15, 0.2) is 11.6 Å². The summed E-state index contributed by atoms with van der Waals surface area (Å²) in [5.41, 5.74) is 5.66. The number of hydrogen-bond acceptors (Lipinski definition) is 4. The predicted octanol–water partition coefficient (Wildman–Crippen LogP) is 2.50. The first-order valence-corrected chi connectivity index (χ1v) is 6.91. The van der Waals surface area contributed by atoms with Gasteiger partial charge in [0.05, 0.1) is 11.2 Å². The highest BCUT2D eigenvalue weighted by atomic mass is 19.1. The average Bonchev–Trinajstić information content (AvgIpc) is 2.60. The summed E-state index contributed by atoms with van der Waals surface area (Å²) >= 11 is 0. The number of rotatable bonds is 3. The highest BCUT2D eigenvalue weighted by Crippen LogP contribution is 2.38. The van der Waals surface area contributed by atoms with Crippen LogP contribution in [0.4, 0.5) is 4.39 Å². The highest BCUT2D eigenvalue weighted by Gasteiger charge is 2.52. The second kappa shape index (κ2) is 5.44. The fraction of sp³-hybridized carbons (Fsp3) is 0.467. The van der Waals surface area contributed by atoms with E-state index in [9.17, 15) is 9.50 Å². The monoisotopic (exact) mass is 293 g/mol. The summed E-state index contributed by atoms with van der Waals surface area (Å²) in [5.74, 6) is -1.07. The molecular weight excluding hydrogens is 272 g/mol. The Kier molecular flexibility index (Phi) is 4.15. The maximum absolute atomic E-state index is 13.9. The Morgan fingerprint density at radius 2 is 1.86 bits per heavy atom. The first kappa shape index (κ1) is 16.0. The van der Waals surface area contributed by atoms with Gasteiger partial charge in [-0.2, -0.15) is 0 Å². The van der Waals surface area contributed by atoms with E-state index in [4.69, 9.17) is 15.0 Å². The molecule has 0 saturated carbocycles. The second-order valence-electron chi connectivity index (χ2n) is 6.19. The van der Waals surface area contributed by atoms with Crippen LogP contribution >= 0.6 is 0 Å². The van der Waals surface area contributed by atoms with E-state index in [1.54, 1.807) is 18.2 Å². The van der Waals surface area contributed by atoms with E-state index in [0.717, 1.165) is 0 Å². The van der Waals surface area contributed by atoms with E-state index < -0.39 is 29.9 Å². The minimum absolute atomic E-state index is 0.173. The Hall–Kier alpha value is -1.37. The third kappa shape index (κ3) is 2.97. The van der Waals surface area contributed by atoms with Gasteiger partial charge >= 0.3 is 7.12 Å². The molecule has 0 atom stereocenters. The maximum atomic E-state index is 13.9. The van der Waals surface area contributed by atoms with Crippen LogP contribution in [0.5, 0.6) is 5.75 Å². The molecule has 0 aromatic heterocycles. The number of benzene rings is 1. The minimum atomic E-state index is -0.681. The molecule has 0 unspecified atom stereocenters. The van der Waals surface area contributed by atoms with E-state index in [2.05, 4.69) is 0 Å². The molecule has 21 heavy (non-hydrogen) atoms. The Morgan fingerprint density at radius 1 is 1.29 bits per heavy atom. The Labute approximate surface area is 124 Å². The summed E-state index contributed by atoms with van der Waals surface area (Å²) in [6.45, 7) is 7.93. The quantitative estimate of drug-likeness (QED) is 0.840. The molecule has 1 aliphatic rings. The molecule has 1 aromatic carbocycles. The average molecular weight is 293 g/mol. The summed E-state index contributed by atoms with van der Waals surface area (Å²) in [4.78, 5) is 0. The lowest BCUT2D eigenvalue weighted by Gasteiger charge is -2.32. The fourth-order valence-electron chi connectivity index (χ4n) is 2.07. The van der Waals surface area contributed by atoms with Gasteiger partial charge in [0.25, 0.3) is 0 Å². The lowest BCUT2D eigenvalue weighted by Crippen LogP contribution is -2.41. The van der Waals surface area contributed by atoms with Crippen LogP contribution in [0.3, 0.4) is 0 Å². The van der Waals surface area contributed by atoms with Crippen LogP contribution in [-0.2, 0) is 9.31 Å². The smallest absolute Gasteiger partial charge is 0.491 e. The Bertz CT molecular complexity index is 556. The summed E-state index contributed by atoms with van der Waals surface area (Å²) in [6.07, 6.45) is 1.57. The van der Waals surface area contributed by atoms with Gasteiger partial charge in [0.1, 0.15) is 0 Å². The number of aromatic hydroxyl groups is 1. The van der Waals surface area contributed by atoms with Crippen LogP contribution in [0.1, 0.15) is 33.3 Å². The highest BCUT2D eigenvalue weighted by molar-refractivity contribution is 6.55. The van der Waals surface area contributed by atoms with Crippen LogP contribution in [-0.4, -0.2) is 30.0 Å². The number of phenols is 1. The van der Waals surface area contributed by atoms with Crippen molar-refractivity contribution in [1.29, 1.82) is 0 Å². The van der Waals surface area contributed by atoms with Crippen molar-refractivity contribution in [3.8, 4) is 5.75 Å². The van der Waals surface area contributed by atoms with Crippen molar-refractivity contribution >= 4 is 13.2 Å². The number of hydrogen-bond donors (Lipinski definition) is 2. The van der Waals surface area contributed by atoms with E-state index in [0.29, 0.717) is 5.47 Å². The number of phenolic OH excluding ortho intramolecular Hbond substituents is 1. The molecule has 0 amide bonds. The summed E-state index contributed by atoms with van der Waals surface area (Å²) in [7, 11) is -0.623. The zero-order valence-electron chi connectivity index (χ0n) is 12.8. The summed E-state index contributed by atoms with van der Waals surface area (Å²) in [6, 6.07) is 4.43. The van der Waals surface area contributed by atoms with Crippen LogP contribution in [0.2, 0.25) is 0 Å². The molecule has 6 heteroatoms. The number of halogens is 1. The molecule has 2 rings (SSSR count). The number of nitrogens with two attached hydrogens (primary N) is 1. The van der Waals surface area contributed by atoms with Gasteiger partial charge in [0, 0.05) is 12.1 Å². The predicted molar refractivity (Wildman–Crippen MR) is 81.2 cm³/mol. The van der Waals surface area contributed by atoms with Gasteiger partial charge in [0.2, 0.25) is 0 Å². The second-order valence-corrected chi connectivity index (χ2v) is 6.19. The lowest BCUT2D eigenvalue weighted by molar-refractivity contribution is 0.00578. The van der Waals surface area contributed by atoms with E-state index in [1.165, 1.54) is 6.07 Å². The van der Waals surface area contributed by atoms with E-state index in [-0.39, 0.29) is 12.1 Å². The first-order valence-electron chi connectivity index (χ1n) is 6.91. The zero-order valence-corrected chi connectivity index (χ0v) is 12.8. The molecule has 1 fully saturated rings. The SMILES string of the molecule is CC1(C)OB(C(=Cc2cccc(O)c2F)CN)OC1(C)C.